The first kappa shape index (κ1) is 66.7. The van der Waals surface area contributed by atoms with Crippen molar-refractivity contribution in [3.05, 3.63) is 24.3 Å². The first-order chi connectivity index (χ1) is 33.7. The lowest BCUT2D eigenvalue weighted by Crippen LogP contribution is -2.41. The van der Waals surface area contributed by atoms with Crippen LogP contribution in [0.15, 0.2) is 24.3 Å². The van der Waals surface area contributed by atoms with Crippen molar-refractivity contribution < 1.29 is 33.2 Å². The second-order valence-electron chi connectivity index (χ2n) is 19.5. The van der Waals surface area contributed by atoms with Crippen LogP contribution < -0.4 is 0 Å². The Kier molecular flexibility index (Phi) is 58.9. The summed E-state index contributed by atoms with van der Waals surface area (Å²) in [5.41, 5.74) is 0. The van der Waals surface area contributed by atoms with Crippen molar-refractivity contribution in [3.8, 4) is 0 Å². The van der Waals surface area contributed by atoms with E-state index in [4.69, 9.17) is 28.4 Å². The lowest BCUT2D eigenvalue weighted by atomic mass is 10.1. The molecule has 0 saturated heterocycles. The van der Waals surface area contributed by atoms with Gasteiger partial charge in [0.25, 0.3) is 0 Å². The standard InChI is InChI=1S/C60H117NO7/c1-5-9-12-15-18-21-23-25-27-29-31-33-35-38-41-44-48-67-58-59(68-49-45-42-39-36-34-32-30-28-26-24-22-19-16-13-10-6-2)57-61(47-43-40-37-20-17-14-11-7-3)60(62)46-50-64-53-54-66-56-55-65-52-51-63-8-4/h25-28,59H,5-24,29-58H2,1-4H3/b27-25-,28-26-. The summed E-state index contributed by atoms with van der Waals surface area (Å²) < 4.78 is 35.2. The molecule has 1 unspecified atom stereocenters. The van der Waals surface area contributed by atoms with Crippen molar-refractivity contribution in [2.75, 3.05) is 85.8 Å². The smallest absolute Gasteiger partial charge is 0.224 e. The van der Waals surface area contributed by atoms with Crippen molar-refractivity contribution in [2.45, 2.75) is 271 Å². The largest absolute Gasteiger partial charge is 0.379 e. The fourth-order valence-corrected chi connectivity index (χ4v) is 8.54. The molecule has 0 heterocycles. The number of rotatable bonds is 59. The van der Waals surface area contributed by atoms with Crippen LogP contribution in [-0.4, -0.2) is 103 Å². The van der Waals surface area contributed by atoms with Gasteiger partial charge in [-0.3, -0.25) is 4.79 Å². The van der Waals surface area contributed by atoms with Gasteiger partial charge < -0.3 is 33.3 Å². The minimum atomic E-state index is -0.115. The lowest BCUT2D eigenvalue weighted by Gasteiger charge is -2.28. The van der Waals surface area contributed by atoms with E-state index in [1.165, 1.54) is 205 Å². The Balaban J connectivity index is 4.88. The number of ether oxygens (including phenoxy) is 6. The maximum atomic E-state index is 13.8. The van der Waals surface area contributed by atoms with Crippen molar-refractivity contribution in [2.24, 2.45) is 0 Å². The van der Waals surface area contributed by atoms with Gasteiger partial charge in [0.05, 0.1) is 65.4 Å². The molecule has 404 valence electrons. The van der Waals surface area contributed by atoms with E-state index in [1.807, 2.05) is 6.92 Å². The topological polar surface area (TPSA) is 75.7 Å². The SMILES string of the molecule is CCCCCCCC/C=C\CCCCCCCCOCC(CN(CCCCCCCCCC)C(=O)CCOCCOCCOCCOCC)OCCCCCCCC/C=C\CCCCCCCC. The van der Waals surface area contributed by atoms with Gasteiger partial charge in [-0.05, 0) is 77.6 Å². The van der Waals surface area contributed by atoms with Crippen LogP contribution in [0.1, 0.15) is 265 Å². The van der Waals surface area contributed by atoms with E-state index in [0.717, 1.165) is 45.4 Å². The van der Waals surface area contributed by atoms with E-state index in [1.54, 1.807) is 0 Å². The molecule has 0 N–H and O–H groups in total. The van der Waals surface area contributed by atoms with E-state index >= 15 is 0 Å². The van der Waals surface area contributed by atoms with Gasteiger partial charge in [0.1, 0.15) is 0 Å². The quantitative estimate of drug-likeness (QED) is 0.0444. The number of unbranched alkanes of at least 4 members (excludes halogenated alkanes) is 31. The van der Waals surface area contributed by atoms with Crippen LogP contribution in [0, 0.1) is 0 Å². The molecule has 0 aromatic carbocycles. The van der Waals surface area contributed by atoms with Gasteiger partial charge in [0, 0.05) is 32.9 Å². The molecule has 0 aromatic heterocycles. The van der Waals surface area contributed by atoms with E-state index in [9.17, 15) is 4.79 Å². The second kappa shape index (κ2) is 60.0. The molecule has 0 aliphatic heterocycles. The van der Waals surface area contributed by atoms with Gasteiger partial charge in [-0.1, -0.05) is 206 Å². The minimum absolute atomic E-state index is 0.115. The normalized spacial score (nSPS) is 12.4. The minimum Gasteiger partial charge on any atom is -0.379 e. The van der Waals surface area contributed by atoms with Crippen LogP contribution in [0.25, 0.3) is 0 Å². The molecule has 0 rings (SSSR count). The number of nitrogens with zero attached hydrogens (tertiary/aromatic N) is 1. The van der Waals surface area contributed by atoms with Crippen LogP contribution in [0.4, 0.5) is 0 Å². The Morgan fingerprint density at radius 3 is 1.15 bits per heavy atom. The summed E-state index contributed by atoms with van der Waals surface area (Å²) in [5, 5.41) is 0. The van der Waals surface area contributed by atoms with Gasteiger partial charge in [-0.15, -0.1) is 0 Å². The van der Waals surface area contributed by atoms with E-state index in [-0.39, 0.29) is 12.0 Å². The highest BCUT2D eigenvalue weighted by Gasteiger charge is 2.20. The molecule has 0 fully saturated rings. The predicted octanol–water partition coefficient (Wildman–Crippen LogP) is 16.9. The summed E-state index contributed by atoms with van der Waals surface area (Å²) >= 11 is 0. The summed E-state index contributed by atoms with van der Waals surface area (Å²) in [6, 6.07) is 0. The third-order valence-corrected chi connectivity index (χ3v) is 13.0. The molecule has 0 aromatic rings. The zero-order valence-electron chi connectivity index (χ0n) is 46.0. The number of carbonyl (C=O) groups excluding carboxylic acids is 1. The molecule has 0 radical (unpaired) electrons. The first-order valence-corrected chi connectivity index (χ1v) is 29.8. The molecule has 0 aliphatic rings. The molecule has 0 spiro atoms. The molecule has 1 amide bonds. The molecular weight excluding hydrogens is 847 g/mol. The van der Waals surface area contributed by atoms with Gasteiger partial charge in [0.15, 0.2) is 0 Å². The van der Waals surface area contributed by atoms with Gasteiger partial charge in [0.2, 0.25) is 5.91 Å². The zero-order valence-corrected chi connectivity index (χ0v) is 46.0. The molecule has 68 heavy (non-hydrogen) atoms. The third kappa shape index (κ3) is 54.1. The van der Waals surface area contributed by atoms with Crippen LogP contribution in [-0.2, 0) is 33.2 Å². The zero-order chi connectivity index (χ0) is 49.2. The summed E-state index contributed by atoms with van der Waals surface area (Å²) in [4.78, 5) is 15.8. The summed E-state index contributed by atoms with van der Waals surface area (Å²) in [6.07, 6.45) is 56.3. The maximum absolute atomic E-state index is 13.8. The Labute approximate surface area is 423 Å². The van der Waals surface area contributed by atoms with Gasteiger partial charge in [-0.25, -0.2) is 0 Å². The van der Waals surface area contributed by atoms with Crippen molar-refractivity contribution in [1.29, 1.82) is 0 Å². The Bertz CT molecular complexity index is 1010. The molecule has 0 bridgehead atoms. The molecule has 0 saturated carbocycles. The van der Waals surface area contributed by atoms with Crippen LogP contribution in [0.2, 0.25) is 0 Å². The fraction of sp³-hybridized carbons (Fsp3) is 0.917. The third-order valence-electron chi connectivity index (χ3n) is 13.0. The van der Waals surface area contributed by atoms with Crippen LogP contribution in [0.5, 0.6) is 0 Å². The first-order valence-electron chi connectivity index (χ1n) is 29.8. The van der Waals surface area contributed by atoms with Crippen LogP contribution in [0.3, 0.4) is 0 Å². The van der Waals surface area contributed by atoms with E-state index in [0.29, 0.717) is 72.4 Å². The molecule has 1 atom stereocenters. The number of hydrogen-bond acceptors (Lipinski definition) is 7. The fourth-order valence-electron chi connectivity index (χ4n) is 8.54. The van der Waals surface area contributed by atoms with Gasteiger partial charge >= 0.3 is 0 Å². The number of amides is 1. The number of carbonyl (C=O) groups is 1. The van der Waals surface area contributed by atoms with Gasteiger partial charge in [-0.2, -0.15) is 0 Å². The highest BCUT2D eigenvalue weighted by atomic mass is 16.6. The highest BCUT2D eigenvalue weighted by molar-refractivity contribution is 5.76. The lowest BCUT2D eigenvalue weighted by molar-refractivity contribution is -0.135. The summed E-state index contributed by atoms with van der Waals surface area (Å²) in [7, 11) is 0. The van der Waals surface area contributed by atoms with E-state index in [2.05, 4.69) is 50.0 Å². The van der Waals surface area contributed by atoms with E-state index < -0.39 is 0 Å². The predicted molar refractivity (Wildman–Crippen MR) is 292 cm³/mol. The monoisotopic (exact) mass is 964 g/mol. The maximum Gasteiger partial charge on any atom is 0.224 e. The molecule has 8 heteroatoms. The Morgan fingerprint density at radius 1 is 0.368 bits per heavy atom. The number of allylic oxidation sites excluding steroid dienone is 4. The summed E-state index contributed by atoms with van der Waals surface area (Å²) in [6.45, 7) is 16.5. The number of hydrogen-bond donors (Lipinski definition) is 0. The molecular formula is C60H117NO7. The molecule has 0 aliphatic carbocycles. The highest BCUT2D eigenvalue weighted by Crippen LogP contribution is 2.15. The van der Waals surface area contributed by atoms with Crippen LogP contribution >= 0.6 is 0 Å². The average molecular weight is 965 g/mol. The molecule has 8 nitrogen and oxygen atoms in total. The Morgan fingerprint density at radius 2 is 0.721 bits per heavy atom. The Hall–Kier alpha value is -1.29. The average Bonchev–Trinajstić information content (AvgIpc) is 3.34. The summed E-state index contributed by atoms with van der Waals surface area (Å²) in [5.74, 6) is 0.149. The van der Waals surface area contributed by atoms with Crippen molar-refractivity contribution in [3.63, 3.8) is 0 Å². The second-order valence-corrected chi connectivity index (χ2v) is 19.5. The van der Waals surface area contributed by atoms with Crippen molar-refractivity contribution >= 4 is 5.91 Å². The van der Waals surface area contributed by atoms with Crippen molar-refractivity contribution in [1.82, 2.24) is 4.90 Å².